The molecule has 93 heavy (non-hydrogen) atoms. The number of nitrogens with zero attached hydrogens (tertiary/aromatic N) is 6. The maximum Gasteiger partial charge on any atom is 0.347 e. The van der Waals surface area contributed by atoms with Gasteiger partial charge in [-0.25, -0.2) is 36.4 Å². The van der Waals surface area contributed by atoms with Crippen LogP contribution in [0, 0.1) is 13.6 Å². The second kappa shape index (κ2) is 32.3. The van der Waals surface area contributed by atoms with Gasteiger partial charge in [0.1, 0.15) is 53.4 Å². The monoisotopic (exact) mass is 1390 g/mol. The molecule has 0 spiro atoms. The Bertz CT molecular complexity index is 4680. The Balaban J connectivity index is 0.000000219. The third-order valence-corrected chi connectivity index (χ3v) is 21.6. The molecule has 0 amide bonds. The minimum Gasteiger partial charge on any atom is -0.426 e. The molecular weight excluding hydrogens is 1340 g/mol. The van der Waals surface area contributed by atoms with E-state index in [1.165, 1.54) is 106 Å². The van der Waals surface area contributed by atoms with Crippen LogP contribution >= 0.6 is 65.8 Å². The van der Waals surface area contributed by atoms with E-state index in [4.69, 9.17) is 43.4 Å². The van der Waals surface area contributed by atoms with E-state index in [0.717, 1.165) is 41.4 Å². The van der Waals surface area contributed by atoms with Crippen LogP contribution in [-0.2, 0) is 29.6 Å². The van der Waals surface area contributed by atoms with Gasteiger partial charge < -0.3 is 18.9 Å². The van der Waals surface area contributed by atoms with E-state index in [1.807, 2.05) is 57.2 Å². The molecule has 0 aliphatic carbocycles. The van der Waals surface area contributed by atoms with Crippen LogP contribution in [0.5, 0.6) is 23.0 Å². The van der Waals surface area contributed by atoms with Gasteiger partial charge in [-0.2, -0.15) is 20.5 Å². The zero-order valence-corrected chi connectivity index (χ0v) is 56.0. The first-order valence-electron chi connectivity index (χ1n) is 28.3. The maximum atomic E-state index is 13.4. The SMILES string of the molecule is CCC(C)CC(=O)Oc1ccc(N=Nc2ccc(S(=O)(=O)Nc3ccccn3)cc2)cc1C(=O)Oc1ccc(-c2cc(=S)ss2)cc1.CCCCC(=O)Oc1ccc(N=Nc2ccc(S(=O)(=O)Nc3ccccn3)cc2)cc1C(=O)Oc1ccc(-c2cc(=S)ss2)cc1. The molecular formula is C65H54N8O12S8. The highest BCUT2D eigenvalue weighted by molar-refractivity contribution is 7.93. The van der Waals surface area contributed by atoms with E-state index >= 15 is 0 Å². The molecule has 28 heteroatoms. The van der Waals surface area contributed by atoms with Crippen molar-refractivity contribution in [3.63, 3.8) is 0 Å². The summed E-state index contributed by atoms with van der Waals surface area (Å²) in [6, 6.07) is 48.0. The lowest BCUT2D eigenvalue weighted by molar-refractivity contribution is -0.136. The van der Waals surface area contributed by atoms with Gasteiger partial charge in [0.15, 0.2) is 0 Å². The van der Waals surface area contributed by atoms with Gasteiger partial charge in [-0.3, -0.25) is 19.0 Å². The Labute approximate surface area is 560 Å². The standard InChI is InChI=1S/C33H28N4O6S4.C32H26N4O6S4/c1-3-21(2)18-31(38)43-28-16-11-24(19-27(28)33(39)42-25-12-7-22(8-13-25)29-20-32(44)46-45-29)36-35-23-9-14-26(15-10-23)47(40,41)37-30-6-4-5-17-34-30;1-2-3-7-30(37)42-27-17-12-23(19-26(27)32(38)41-24-13-8-21(9-14-24)28-20-31(43)45-44-28)35-34-22-10-15-25(16-11-22)46(39,40)36-29-6-4-5-18-33-29/h4-17,19-21H,3,18H2,1-2H3,(H,34,37);4-6,8-20H,2-3,7H2,1H3,(H,33,36). The largest absolute Gasteiger partial charge is 0.426 e. The molecule has 0 saturated carbocycles. The summed E-state index contributed by atoms with van der Waals surface area (Å²) in [5, 5.41) is 16.8. The van der Waals surface area contributed by atoms with E-state index in [2.05, 4.69) is 39.9 Å². The number of hydrogen-bond donors (Lipinski definition) is 2. The molecule has 0 aliphatic rings. The van der Waals surface area contributed by atoms with Gasteiger partial charge in [-0.1, -0.05) is 112 Å². The van der Waals surface area contributed by atoms with Gasteiger partial charge in [-0.05, 0) is 193 Å². The van der Waals surface area contributed by atoms with E-state index in [9.17, 15) is 36.0 Å². The average Bonchev–Trinajstić information content (AvgIpc) is 2.25. The second-order valence-corrected chi connectivity index (χ2v) is 29.2. The van der Waals surface area contributed by atoms with E-state index in [0.29, 0.717) is 29.3 Å². The molecule has 20 nitrogen and oxygen atoms in total. The van der Waals surface area contributed by atoms with E-state index in [1.54, 1.807) is 93.5 Å². The summed E-state index contributed by atoms with van der Waals surface area (Å²) >= 11 is 10.4. The Hall–Kier alpha value is -9.26. The van der Waals surface area contributed by atoms with Crippen LogP contribution in [0.2, 0.25) is 0 Å². The average molecular weight is 1400 g/mol. The summed E-state index contributed by atoms with van der Waals surface area (Å²) in [6.45, 7) is 5.88. The third-order valence-electron chi connectivity index (χ3n) is 13.0. The number of rotatable bonds is 24. The molecule has 0 saturated heterocycles. The summed E-state index contributed by atoms with van der Waals surface area (Å²) < 4.78 is 79.5. The minimum atomic E-state index is -3.86. The first-order chi connectivity index (χ1) is 44.8. The molecule has 0 fully saturated rings. The number of hydrogen-bond acceptors (Lipinski definition) is 24. The molecule has 4 aromatic heterocycles. The van der Waals surface area contributed by atoms with Crippen LogP contribution in [-0.4, -0.2) is 50.7 Å². The highest BCUT2D eigenvalue weighted by Crippen LogP contribution is 2.35. The van der Waals surface area contributed by atoms with Gasteiger partial charge in [0.2, 0.25) is 0 Å². The predicted octanol–water partition coefficient (Wildman–Crippen LogP) is 18.5. The smallest absolute Gasteiger partial charge is 0.347 e. The van der Waals surface area contributed by atoms with E-state index < -0.39 is 43.9 Å². The number of ether oxygens (including phenoxy) is 4. The Morgan fingerprint density at radius 1 is 0.495 bits per heavy atom. The summed E-state index contributed by atoms with van der Waals surface area (Å²) in [7, 11) is -1.55. The van der Waals surface area contributed by atoms with Crippen LogP contribution in [0.25, 0.3) is 20.9 Å². The van der Waals surface area contributed by atoms with Gasteiger partial charge >= 0.3 is 23.9 Å². The number of azo groups is 2. The molecule has 1 atom stereocenters. The Morgan fingerprint density at radius 3 is 1.28 bits per heavy atom. The summed E-state index contributed by atoms with van der Waals surface area (Å²) in [6.07, 6.45) is 5.61. The van der Waals surface area contributed by atoms with Crippen molar-refractivity contribution in [3.05, 3.63) is 213 Å². The van der Waals surface area contributed by atoms with Crippen LogP contribution in [0.3, 0.4) is 0 Å². The maximum absolute atomic E-state index is 13.4. The fourth-order valence-electron chi connectivity index (χ4n) is 8.04. The van der Waals surface area contributed by atoms with Crippen molar-refractivity contribution >= 4 is 144 Å². The van der Waals surface area contributed by atoms with Crippen molar-refractivity contribution in [1.82, 2.24) is 9.97 Å². The molecule has 1 unspecified atom stereocenters. The van der Waals surface area contributed by atoms with Gasteiger partial charge in [0.05, 0.1) is 32.5 Å². The van der Waals surface area contributed by atoms with Crippen LogP contribution < -0.4 is 28.4 Å². The number of esters is 4. The lowest BCUT2D eigenvalue weighted by Gasteiger charge is -2.12. The quantitative estimate of drug-likeness (QED) is 0.0187. The van der Waals surface area contributed by atoms with Crippen LogP contribution in [0.1, 0.15) is 73.6 Å². The summed E-state index contributed by atoms with van der Waals surface area (Å²) in [5.41, 5.74) is 3.16. The number of unbranched alkanes of at least 4 members (excludes halogenated alkanes) is 1. The Morgan fingerprint density at radius 2 is 0.903 bits per heavy atom. The van der Waals surface area contributed by atoms with Crippen molar-refractivity contribution in [1.29, 1.82) is 0 Å². The highest BCUT2D eigenvalue weighted by atomic mass is 32.9. The zero-order chi connectivity index (χ0) is 65.9. The number of nitrogens with one attached hydrogen (secondary N) is 2. The molecule has 0 radical (unpaired) electrons. The predicted molar refractivity (Wildman–Crippen MR) is 366 cm³/mol. The van der Waals surface area contributed by atoms with Gasteiger partial charge in [0, 0.05) is 35.0 Å². The second-order valence-electron chi connectivity index (χ2n) is 20.0. The van der Waals surface area contributed by atoms with Crippen molar-refractivity contribution in [2.45, 2.75) is 62.7 Å². The third kappa shape index (κ3) is 19.9. The molecule has 10 aromatic rings. The number of carbonyl (C=O) groups excluding carboxylic acids is 4. The van der Waals surface area contributed by atoms with Crippen LogP contribution in [0.15, 0.2) is 225 Å². The molecule has 474 valence electrons. The minimum absolute atomic E-state index is 0.0109. The zero-order valence-electron chi connectivity index (χ0n) is 49.4. The number of anilines is 2. The fourth-order valence-corrected chi connectivity index (χ4v) is 14.9. The molecule has 2 N–H and O–H groups in total. The number of carbonyl (C=O) groups is 4. The van der Waals surface area contributed by atoms with Crippen molar-refractivity contribution in [2.24, 2.45) is 26.4 Å². The summed E-state index contributed by atoms with van der Waals surface area (Å²) in [5.74, 6) is -1.27. The first-order valence-corrected chi connectivity index (χ1v) is 36.3. The highest BCUT2D eigenvalue weighted by Gasteiger charge is 2.23. The fraction of sp³-hybridized carbons (Fsp3) is 0.138. The number of sulfonamides is 2. The first kappa shape index (κ1) is 68.1. The van der Waals surface area contributed by atoms with Gasteiger partial charge in [-0.15, -0.1) is 0 Å². The normalized spacial score (nSPS) is 11.7. The molecule has 10 rings (SSSR count). The molecule has 0 aliphatic heterocycles. The number of benzene rings is 6. The van der Waals surface area contributed by atoms with Crippen LogP contribution in [0.4, 0.5) is 34.4 Å². The Kier molecular flexibility index (Phi) is 23.7. The summed E-state index contributed by atoms with van der Waals surface area (Å²) in [4.78, 5) is 61.7. The topological polar surface area (TPSA) is 273 Å². The van der Waals surface area contributed by atoms with Gasteiger partial charge in [0.25, 0.3) is 20.0 Å². The van der Waals surface area contributed by atoms with Crippen molar-refractivity contribution in [2.75, 3.05) is 9.44 Å². The van der Waals surface area contributed by atoms with Crippen molar-refractivity contribution < 1.29 is 55.0 Å². The van der Waals surface area contributed by atoms with E-state index in [-0.39, 0.29) is 74.2 Å². The van der Waals surface area contributed by atoms with Crippen molar-refractivity contribution in [3.8, 4) is 43.9 Å². The molecule has 0 bridgehead atoms. The lowest BCUT2D eigenvalue weighted by atomic mass is 10.1. The number of aromatic nitrogens is 2. The molecule has 4 heterocycles. The molecule has 6 aromatic carbocycles. The lowest BCUT2D eigenvalue weighted by Crippen LogP contribution is -2.16. The number of pyridine rings is 2.